The molecule has 0 amide bonds. The molecule has 0 bridgehead atoms. The number of aliphatic imine (C=N–C) groups is 1. The number of likely N-dealkylation sites (tertiary alicyclic amines) is 2. The van der Waals surface area contributed by atoms with Gasteiger partial charge in [0.2, 0.25) is 0 Å². The zero-order valence-electron chi connectivity index (χ0n) is 19.9. The minimum absolute atomic E-state index is 0.380. The molecule has 6 nitrogen and oxygen atoms in total. The van der Waals surface area contributed by atoms with Gasteiger partial charge in [0, 0.05) is 58.6 Å². The number of benzene rings is 1. The van der Waals surface area contributed by atoms with Crippen molar-refractivity contribution in [3.8, 4) is 0 Å². The summed E-state index contributed by atoms with van der Waals surface area (Å²) in [6.45, 7) is 10.9. The molecular weight excluding hydrogens is 400 g/mol. The van der Waals surface area contributed by atoms with Crippen molar-refractivity contribution in [2.75, 3.05) is 52.5 Å². The van der Waals surface area contributed by atoms with E-state index in [1.54, 1.807) is 0 Å². The zero-order chi connectivity index (χ0) is 22.0. The Hall–Kier alpha value is -1.63. The van der Waals surface area contributed by atoms with Crippen molar-refractivity contribution in [1.29, 1.82) is 0 Å². The van der Waals surface area contributed by atoms with Crippen molar-refractivity contribution in [1.82, 2.24) is 15.1 Å². The topological polar surface area (TPSA) is 49.3 Å². The van der Waals surface area contributed by atoms with Crippen LogP contribution in [0.5, 0.6) is 0 Å². The highest BCUT2D eigenvalue weighted by Gasteiger charge is 2.36. The zero-order valence-corrected chi connectivity index (χ0v) is 19.9. The van der Waals surface area contributed by atoms with Gasteiger partial charge in [0.1, 0.15) is 0 Å². The van der Waals surface area contributed by atoms with Gasteiger partial charge in [0.05, 0.1) is 6.10 Å². The van der Waals surface area contributed by atoms with E-state index < -0.39 is 0 Å². The Morgan fingerprint density at radius 3 is 2.78 bits per heavy atom. The Labute approximate surface area is 194 Å². The molecule has 2 atom stereocenters. The summed E-state index contributed by atoms with van der Waals surface area (Å²) in [4.78, 5) is 10.2. The second kappa shape index (κ2) is 12.6. The van der Waals surface area contributed by atoms with E-state index in [4.69, 9.17) is 14.5 Å². The molecule has 0 spiro atoms. The average Bonchev–Trinajstić information content (AvgIpc) is 2.84. The molecule has 3 aliphatic heterocycles. The van der Waals surface area contributed by atoms with Gasteiger partial charge < -0.3 is 19.7 Å². The van der Waals surface area contributed by atoms with E-state index in [2.05, 4.69) is 52.4 Å². The van der Waals surface area contributed by atoms with Crippen LogP contribution < -0.4 is 5.32 Å². The first-order valence-corrected chi connectivity index (χ1v) is 12.8. The molecule has 0 aliphatic carbocycles. The molecule has 3 saturated heterocycles. The highest BCUT2D eigenvalue weighted by atomic mass is 16.5. The fourth-order valence-corrected chi connectivity index (χ4v) is 5.48. The van der Waals surface area contributed by atoms with Crippen molar-refractivity contribution >= 4 is 5.96 Å². The number of hydrogen-bond donors (Lipinski definition) is 1. The molecule has 0 saturated carbocycles. The maximum absolute atomic E-state index is 6.01. The molecule has 1 aromatic carbocycles. The van der Waals surface area contributed by atoms with E-state index >= 15 is 0 Å². The lowest BCUT2D eigenvalue weighted by Gasteiger charge is -2.48. The van der Waals surface area contributed by atoms with E-state index in [0.717, 1.165) is 83.7 Å². The van der Waals surface area contributed by atoms with Crippen LogP contribution in [-0.2, 0) is 16.0 Å². The summed E-state index contributed by atoms with van der Waals surface area (Å²) in [5, 5.41) is 3.54. The normalized spacial score (nSPS) is 25.5. The van der Waals surface area contributed by atoms with E-state index in [1.165, 1.54) is 31.4 Å². The van der Waals surface area contributed by atoms with Crippen molar-refractivity contribution in [2.24, 2.45) is 10.9 Å². The van der Waals surface area contributed by atoms with Crippen LogP contribution in [0.25, 0.3) is 0 Å². The number of guanidine groups is 1. The standard InChI is InChI=1S/C26H42N4O2/c1-2-27-26(28-14-7-17-32-24-12-18-31-19-13-24)30-16-11-25-23(21-30)10-6-15-29(25)20-22-8-4-3-5-9-22/h3-5,8-9,23-25H,2,6-7,10-21H2,1H3,(H,27,28). The Kier molecular flexibility index (Phi) is 9.24. The van der Waals surface area contributed by atoms with Gasteiger partial charge in [-0.1, -0.05) is 30.3 Å². The molecule has 0 aromatic heterocycles. The lowest BCUT2D eigenvalue weighted by atomic mass is 9.83. The van der Waals surface area contributed by atoms with Gasteiger partial charge in [-0.15, -0.1) is 0 Å². The molecule has 0 radical (unpaired) electrons. The molecule has 3 heterocycles. The van der Waals surface area contributed by atoms with Crippen LogP contribution in [0.1, 0.15) is 51.0 Å². The first kappa shape index (κ1) is 23.5. The van der Waals surface area contributed by atoms with Gasteiger partial charge in [-0.25, -0.2) is 0 Å². The highest BCUT2D eigenvalue weighted by molar-refractivity contribution is 5.80. The summed E-state index contributed by atoms with van der Waals surface area (Å²) in [6, 6.07) is 11.7. The molecule has 3 fully saturated rings. The van der Waals surface area contributed by atoms with E-state index in [0.29, 0.717) is 12.1 Å². The second-order valence-corrected chi connectivity index (χ2v) is 9.43. The Morgan fingerprint density at radius 2 is 1.97 bits per heavy atom. The van der Waals surface area contributed by atoms with Crippen molar-refractivity contribution < 1.29 is 9.47 Å². The molecule has 4 rings (SSSR count). The average molecular weight is 443 g/mol. The van der Waals surface area contributed by atoms with Gasteiger partial charge in [0.25, 0.3) is 0 Å². The lowest BCUT2D eigenvalue weighted by molar-refractivity contribution is -0.0318. The third-order valence-corrected chi connectivity index (χ3v) is 7.13. The summed E-state index contributed by atoms with van der Waals surface area (Å²) >= 11 is 0. The summed E-state index contributed by atoms with van der Waals surface area (Å²) in [5.41, 5.74) is 1.44. The fourth-order valence-electron chi connectivity index (χ4n) is 5.48. The SMILES string of the molecule is CCNC(=NCCCOC1CCOCC1)N1CCC2C(CCCN2Cc2ccccc2)C1. The predicted octanol–water partition coefficient (Wildman–Crippen LogP) is 3.52. The van der Waals surface area contributed by atoms with Crippen LogP contribution in [0, 0.1) is 5.92 Å². The third-order valence-electron chi connectivity index (χ3n) is 7.13. The van der Waals surface area contributed by atoms with Crippen LogP contribution >= 0.6 is 0 Å². The first-order chi connectivity index (χ1) is 15.8. The number of nitrogens with one attached hydrogen (secondary N) is 1. The highest BCUT2D eigenvalue weighted by Crippen LogP contribution is 2.31. The van der Waals surface area contributed by atoms with Crippen molar-refractivity contribution in [2.45, 2.75) is 64.1 Å². The van der Waals surface area contributed by atoms with Gasteiger partial charge in [0.15, 0.2) is 5.96 Å². The van der Waals surface area contributed by atoms with Crippen molar-refractivity contribution in [3.05, 3.63) is 35.9 Å². The Morgan fingerprint density at radius 1 is 1.12 bits per heavy atom. The Balaban J connectivity index is 1.26. The number of piperidine rings is 2. The molecule has 6 heteroatoms. The predicted molar refractivity (Wildman–Crippen MR) is 130 cm³/mol. The Bertz CT molecular complexity index is 692. The van der Waals surface area contributed by atoms with Gasteiger partial charge in [-0.3, -0.25) is 9.89 Å². The van der Waals surface area contributed by atoms with Crippen LogP contribution in [0.2, 0.25) is 0 Å². The van der Waals surface area contributed by atoms with Crippen LogP contribution in [0.4, 0.5) is 0 Å². The summed E-state index contributed by atoms with van der Waals surface area (Å²) in [6.07, 6.45) is 7.30. The number of nitrogens with zero attached hydrogens (tertiary/aromatic N) is 3. The molecule has 2 unspecified atom stereocenters. The minimum Gasteiger partial charge on any atom is -0.381 e. The number of rotatable bonds is 8. The molecule has 1 aromatic rings. The van der Waals surface area contributed by atoms with Crippen molar-refractivity contribution in [3.63, 3.8) is 0 Å². The lowest BCUT2D eigenvalue weighted by Crippen LogP contribution is -2.56. The molecule has 178 valence electrons. The molecular formula is C26H42N4O2. The van der Waals surface area contributed by atoms with E-state index in [1.807, 2.05) is 0 Å². The molecule has 1 N–H and O–H groups in total. The van der Waals surface area contributed by atoms with Crippen LogP contribution in [0.15, 0.2) is 35.3 Å². The number of fused-ring (bicyclic) bond motifs is 1. The van der Waals surface area contributed by atoms with Crippen LogP contribution in [-0.4, -0.2) is 80.4 Å². The molecule has 32 heavy (non-hydrogen) atoms. The third kappa shape index (κ3) is 6.69. The maximum atomic E-state index is 6.01. The summed E-state index contributed by atoms with van der Waals surface area (Å²) < 4.78 is 11.4. The number of ether oxygens (including phenoxy) is 2. The monoisotopic (exact) mass is 442 g/mol. The summed E-state index contributed by atoms with van der Waals surface area (Å²) in [7, 11) is 0. The fraction of sp³-hybridized carbons (Fsp3) is 0.731. The minimum atomic E-state index is 0.380. The summed E-state index contributed by atoms with van der Waals surface area (Å²) in [5.74, 6) is 1.83. The van der Waals surface area contributed by atoms with Gasteiger partial charge in [-0.05, 0) is 63.5 Å². The van der Waals surface area contributed by atoms with Gasteiger partial charge in [-0.2, -0.15) is 0 Å². The smallest absolute Gasteiger partial charge is 0.193 e. The molecule has 3 aliphatic rings. The second-order valence-electron chi connectivity index (χ2n) is 9.43. The van der Waals surface area contributed by atoms with E-state index in [9.17, 15) is 0 Å². The maximum Gasteiger partial charge on any atom is 0.193 e. The van der Waals surface area contributed by atoms with E-state index in [-0.39, 0.29) is 0 Å². The largest absolute Gasteiger partial charge is 0.381 e. The van der Waals surface area contributed by atoms with Crippen LogP contribution in [0.3, 0.4) is 0 Å². The van der Waals surface area contributed by atoms with Gasteiger partial charge >= 0.3 is 0 Å². The quantitative estimate of drug-likeness (QED) is 0.379. The first-order valence-electron chi connectivity index (χ1n) is 12.8. The number of hydrogen-bond acceptors (Lipinski definition) is 4.